The summed E-state index contributed by atoms with van der Waals surface area (Å²) < 4.78 is 5.52. The molecule has 0 aliphatic rings. The third-order valence-electron chi connectivity index (χ3n) is 3.81. The molecule has 140 valence electrons. The van der Waals surface area contributed by atoms with Crippen LogP contribution in [0.4, 0.5) is 0 Å². The third-order valence-corrected chi connectivity index (χ3v) is 3.81. The Hall–Kier alpha value is -2.25. The number of benzene rings is 2. The molecule has 2 atom stereocenters. The van der Waals surface area contributed by atoms with Crippen molar-refractivity contribution in [1.29, 1.82) is 0 Å². The van der Waals surface area contributed by atoms with Crippen molar-refractivity contribution >= 4 is 5.91 Å². The molecule has 6 heteroatoms. The summed E-state index contributed by atoms with van der Waals surface area (Å²) in [5.74, 6) is -0.243. The molecule has 26 heavy (non-hydrogen) atoms. The van der Waals surface area contributed by atoms with Gasteiger partial charge in [0.25, 0.3) is 5.91 Å². The molecule has 0 radical (unpaired) electrons. The second-order valence-electron chi connectivity index (χ2n) is 5.98. The Kier molecular flexibility index (Phi) is 8.78. The summed E-state index contributed by atoms with van der Waals surface area (Å²) in [5.41, 5.74) is 1.69. The fraction of sp³-hybridized carbons (Fsp3) is 0.350. The van der Waals surface area contributed by atoms with E-state index in [2.05, 4.69) is 10.6 Å². The molecule has 0 saturated heterocycles. The van der Waals surface area contributed by atoms with Gasteiger partial charge in [0.15, 0.2) is 0 Å². The smallest absolute Gasteiger partial charge is 0.251 e. The zero-order valence-electron chi connectivity index (χ0n) is 14.7. The first kappa shape index (κ1) is 20.1. The summed E-state index contributed by atoms with van der Waals surface area (Å²) in [7, 11) is 0. The van der Waals surface area contributed by atoms with Gasteiger partial charge in [0.1, 0.15) is 0 Å². The molecular formula is C20H26N2O4. The van der Waals surface area contributed by atoms with E-state index in [0.29, 0.717) is 18.7 Å². The fourth-order valence-corrected chi connectivity index (χ4v) is 2.36. The van der Waals surface area contributed by atoms with Crippen molar-refractivity contribution in [1.82, 2.24) is 10.6 Å². The van der Waals surface area contributed by atoms with E-state index in [0.717, 1.165) is 5.56 Å². The van der Waals surface area contributed by atoms with Crippen LogP contribution >= 0.6 is 0 Å². The summed E-state index contributed by atoms with van der Waals surface area (Å²) in [6, 6.07) is 18.7. The molecule has 2 rings (SSSR count). The normalized spacial score (nSPS) is 13.2. The lowest BCUT2D eigenvalue weighted by molar-refractivity contribution is -0.0298. The number of rotatable bonds is 11. The molecule has 0 saturated carbocycles. The fourth-order valence-electron chi connectivity index (χ4n) is 2.36. The van der Waals surface area contributed by atoms with E-state index < -0.39 is 12.2 Å². The van der Waals surface area contributed by atoms with Crippen LogP contribution in [0.15, 0.2) is 60.7 Å². The van der Waals surface area contributed by atoms with Crippen molar-refractivity contribution in [2.75, 3.05) is 26.3 Å². The summed E-state index contributed by atoms with van der Waals surface area (Å²) >= 11 is 0. The average Bonchev–Trinajstić information content (AvgIpc) is 2.70. The first-order valence-electron chi connectivity index (χ1n) is 8.67. The second-order valence-corrected chi connectivity index (χ2v) is 5.98. The maximum Gasteiger partial charge on any atom is 0.251 e. The molecule has 4 N–H and O–H groups in total. The number of amides is 1. The van der Waals surface area contributed by atoms with Gasteiger partial charge in [-0.2, -0.15) is 0 Å². The molecular weight excluding hydrogens is 332 g/mol. The zero-order chi connectivity index (χ0) is 18.6. The van der Waals surface area contributed by atoms with Gasteiger partial charge in [0, 0.05) is 25.2 Å². The maximum absolute atomic E-state index is 11.9. The van der Waals surface area contributed by atoms with E-state index >= 15 is 0 Å². The summed E-state index contributed by atoms with van der Waals surface area (Å²) in [4.78, 5) is 11.9. The van der Waals surface area contributed by atoms with Crippen LogP contribution in [-0.2, 0) is 11.3 Å². The first-order valence-corrected chi connectivity index (χ1v) is 8.67. The minimum absolute atomic E-state index is 0.0350. The number of carbonyl (C=O) groups excluding carboxylic acids is 1. The standard InChI is InChI=1S/C20H26N2O4/c23-14-19(13-21-11-16-7-3-1-4-8-16)26-15-18(24)12-22-20(25)17-9-5-2-6-10-17/h1-10,18-19,21,23-24H,11-15H2,(H,22,25)/t18-,19+/m0/s1. The zero-order valence-corrected chi connectivity index (χ0v) is 14.7. The maximum atomic E-state index is 11.9. The van der Waals surface area contributed by atoms with E-state index in [1.54, 1.807) is 24.3 Å². The number of aliphatic hydroxyl groups excluding tert-OH is 2. The lowest BCUT2D eigenvalue weighted by atomic mass is 10.2. The van der Waals surface area contributed by atoms with Gasteiger partial charge in [0.2, 0.25) is 0 Å². The van der Waals surface area contributed by atoms with Crippen molar-refractivity contribution in [3.05, 3.63) is 71.8 Å². The van der Waals surface area contributed by atoms with Gasteiger partial charge in [0.05, 0.1) is 25.4 Å². The van der Waals surface area contributed by atoms with E-state index in [9.17, 15) is 15.0 Å². The second kappa shape index (κ2) is 11.4. The van der Waals surface area contributed by atoms with Crippen molar-refractivity contribution in [3.8, 4) is 0 Å². The Morgan fingerprint density at radius 3 is 2.31 bits per heavy atom. The minimum atomic E-state index is -0.842. The Morgan fingerprint density at radius 1 is 1.00 bits per heavy atom. The predicted octanol–water partition coefficient (Wildman–Crippen LogP) is 0.945. The number of carbonyl (C=O) groups is 1. The molecule has 2 aromatic carbocycles. The van der Waals surface area contributed by atoms with Crippen LogP contribution in [0, 0.1) is 0 Å². The largest absolute Gasteiger partial charge is 0.394 e. The van der Waals surface area contributed by atoms with Gasteiger partial charge in [-0.15, -0.1) is 0 Å². The number of hydrogen-bond acceptors (Lipinski definition) is 5. The predicted molar refractivity (Wildman–Crippen MR) is 99.8 cm³/mol. The highest BCUT2D eigenvalue weighted by Gasteiger charge is 2.13. The highest BCUT2D eigenvalue weighted by atomic mass is 16.5. The van der Waals surface area contributed by atoms with E-state index in [-0.39, 0.29) is 25.7 Å². The van der Waals surface area contributed by atoms with Crippen LogP contribution in [0.3, 0.4) is 0 Å². The summed E-state index contributed by atoms with van der Waals surface area (Å²) in [6.07, 6.45) is -1.26. The number of nitrogens with one attached hydrogen (secondary N) is 2. The Morgan fingerprint density at radius 2 is 1.65 bits per heavy atom. The lowest BCUT2D eigenvalue weighted by Gasteiger charge is -2.19. The summed E-state index contributed by atoms with van der Waals surface area (Å²) in [6.45, 7) is 1.12. The van der Waals surface area contributed by atoms with E-state index in [1.807, 2.05) is 36.4 Å². The third kappa shape index (κ3) is 7.33. The first-order chi connectivity index (χ1) is 12.7. The molecule has 6 nitrogen and oxygen atoms in total. The van der Waals surface area contributed by atoms with Crippen LogP contribution in [0.1, 0.15) is 15.9 Å². The van der Waals surface area contributed by atoms with E-state index in [1.165, 1.54) is 0 Å². The molecule has 0 spiro atoms. The van der Waals surface area contributed by atoms with Gasteiger partial charge < -0.3 is 25.6 Å². The molecule has 0 aromatic heterocycles. The van der Waals surface area contributed by atoms with Gasteiger partial charge in [-0.3, -0.25) is 4.79 Å². The van der Waals surface area contributed by atoms with Crippen molar-refractivity contribution in [2.24, 2.45) is 0 Å². The Labute approximate surface area is 153 Å². The van der Waals surface area contributed by atoms with E-state index in [4.69, 9.17) is 4.74 Å². The van der Waals surface area contributed by atoms with Crippen molar-refractivity contribution in [2.45, 2.75) is 18.8 Å². The molecule has 1 amide bonds. The van der Waals surface area contributed by atoms with Gasteiger partial charge in [-0.1, -0.05) is 48.5 Å². The molecule has 2 aromatic rings. The topological polar surface area (TPSA) is 90.8 Å². The van der Waals surface area contributed by atoms with Gasteiger partial charge in [-0.05, 0) is 17.7 Å². The quantitative estimate of drug-likeness (QED) is 0.480. The molecule has 0 heterocycles. The molecule has 0 aliphatic heterocycles. The average molecular weight is 358 g/mol. The van der Waals surface area contributed by atoms with Crippen LogP contribution < -0.4 is 10.6 Å². The SMILES string of the molecule is O=C(NC[C@H](O)CO[C@@H](CO)CNCc1ccccc1)c1ccccc1. The molecule has 0 unspecified atom stereocenters. The number of aliphatic hydroxyl groups is 2. The molecule has 0 fully saturated rings. The lowest BCUT2D eigenvalue weighted by Crippen LogP contribution is -2.38. The number of hydrogen-bond donors (Lipinski definition) is 4. The minimum Gasteiger partial charge on any atom is -0.394 e. The van der Waals surface area contributed by atoms with Crippen LogP contribution in [0.2, 0.25) is 0 Å². The van der Waals surface area contributed by atoms with Gasteiger partial charge >= 0.3 is 0 Å². The monoisotopic (exact) mass is 358 g/mol. The highest BCUT2D eigenvalue weighted by molar-refractivity contribution is 5.94. The number of ether oxygens (including phenoxy) is 1. The Balaban J connectivity index is 1.63. The Bertz CT molecular complexity index is 637. The van der Waals surface area contributed by atoms with Crippen LogP contribution in [0.5, 0.6) is 0 Å². The van der Waals surface area contributed by atoms with Crippen molar-refractivity contribution in [3.63, 3.8) is 0 Å². The molecule has 0 bridgehead atoms. The molecule has 0 aliphatic carbocycles. The van der Waals surface area contributed by atoms with Crippen LogP contribution in [0.25, 0.3) is 0 Å². The summed E-state index contributed by atoms with van der Waals surface area (Å²) in [5, 5.41) is 25.2. The van der Waals surface area contributed by atoms with Crippen molar-refractivity contribution < 1.29 is 19.7 Å². The highest BCUT2D eigenvalue weighted by Crippen LogP contribution is 2.00. The van der Waals surface area contributed by atoms with Gasteiger partial charge in [-0.25, -0.2) is 0 Å². The van der Waals surface area contributed by atoms with Crippen LogP contribution in [-0.4, -0.2) is 54.6 Å².